The van der Waals surface area contributed by atoms with E-state index in [9.17, 15) is 9.90 Å². The smallest absolute Gasteiger partial charge is 0.335 e. The molecule has 0 saturated heterocycles. The Morgan fingerprint density at radius 3 is 2.21 bits per heavy atom. The van der Waals surface area contributed by atoms with Gasteiger partial charge in [0.2, 0.25) is 0 Å². The van der Waals surface area contributed by atoms with Gasteiger partial charge >= 0.3 is 5.97 Å². The van der Waals surface area contributed by atoms with Gasteiger partial charge in [-0.3, -0.25) is 0 Å². The van der Waals surface area contributed by atoms with Crippen LogP contribution in [0, 0.1) is 5.92 Å². The quantitative estimate of drug-likeness (QED) is 0.578. The number of carbonyl (C=O) groups is 1. The minimum Gasteiger partial charge on any atom is -0.479 e. The molecule has 84 valence electrons. The van der Waals surface area contributed by atoms with Gasteiger partial charge in [0.25, 0.3) is 0 Å². The molecule has 0 aromatic heterocycles. The maximum Gasteiger partial charge on any atom is 0.335 e. The summed E-state index contributed by atoms with van der Waals surface area (Å²) < 4.78 is 0. The fourth-order valence-electron chi connectivity index (χ4n) is 1.41. The third-order valence-corrected chi connectivity index (χ3v) is 2.35. The van der Waals surface area contributed by atoms with Crippen molar-refractivity contribution in [2.45, 2.75) is 51.7 Å². The monoisotopic (exact) mass is 204 g/mol. The Morgan fingerprint density at radius 1 is 1.21 bits per heavy atom. The van der Waals surface area contributed by atoms with Gasteiger partial charge in [0, 0.05) is 0 Å². The fraction of sp³-hybridized carbons (Fsp3) is 0.900. The van der Waals surface area contributed by atoms with E-state index < -0.39 is 18.2 Å². The highest BCUT2D eigenvalue weighted by atomic mass is 16.4. The predicted octanol–water partition coefficient (Wildman–Crippen LogP) is 1.01. The second-order valence-corrected chi connectivity index (χ2v) is 3.82. The molecule has 0 aliphatic rings. The van der Waals surface area contributed by atoms with Gasteiger partial charge in [-0.1, -0.05) is 26.7 Å². The summed E-state index contributed by atoms with van der Waals surface area (Å²) in [5, 5.41) is 26.7. The van der Waals surface area contributed by atoms with Gasteiger partial charge in [-0.05, 0) is 18.8 Å². The zero-order valence-corrected chi connectivity index (χ0v) is 8.81. The molecule has 4 heteroatoms. The molecule has 0 aromatic rings. The lowest BCUT2D eigenvalue weighted by molar-refractivity contribution is -0.153. The Hall–Kier alpha value is -0.610. The van der Waals surface area contributed by atoms with Crippen molar-refractivity contribution in [1.82, 2.24) is 0 Å². The van der Waals surface area contributed by atoms with E-state index in [0.717, 1.165) is 19.3 Å². The van der Waals surface area contributed by atoms with E-state index in [-0.39, 0.29) is 0 Å². The van der Waals surface area contributed by atoms with Gasteiger partial charge in [-0.2, -0.15) is 0 Å². The van der Waals surface area contributed by atoms with Crippen molar-refractivity contribution >= 4 is 5.97 Å². The summed E-state index contributed by atoms with van der Waals surface area (Å²) in [7, 11) is 0. The van der Waals surface area contributed by atoms with E-state index in [2.05, 4.69) is 13.8 Å². The molecule has 14 heavy (non-hydrogen) atoms. The molecule has 0 saturated carbocycles. The highest BCUT2D eigenvalue weighted by Crippen LogP contribution is 2.15. The SMILES string of the molecule is CCCC(C)CCC(O)C(O)C(=O)O. The zero-order chi connectivity index (χ0) is 11.1. The molecule has 0 spiro atoms. The Bertz CT molecular complexity index is 170. The number of rotatable bonds is 7. The number of carboxylic acids is 1. The molecule has 3 atom stereocenters. The molecule has 3 unspecified atom stereocenters. The molecule has 3 N–H and O–H groups in total. The Morgan fingerprint density at radius 2 is 1.79 bits per heavy atom. The number of hydrogen-bond acceptors (Lipinski definition) is 3. The summed E-state index contributed by atoms with van der Waals surface area (Å²) in [6.07, 6.45) is 0.443. The summed E-state index contributed by atoms with van der Waals surface area (Å²) >= 11 is 0. The summed E-state index contributed by atoms with van der Waals surface area (Å²) in [6, 6.07) is 0. The second kappa shape index (κ2) is 6.79. The first kappa shape index (κ1) is 13.4. The van der Waals surface area contributed by atoms with E-state index in [1.54, 1.807) is 0 Å². The molecule has 0 heterocycles. The van der Waals surface area contributed by atoms with E-state index in [4.69, 9.17) is 10.2 Å². The van der Waals surface area contributed by atoms with Crippen LogP contribution in [0.1, 0.15) is 39.5 Å². The van der Waals surface area contributed by atoms with Crippen LogP contribution in [-0.2, 0) is 4.79 Å². The Kier molecular flexibility index (Phi) is 6.49. The molecule has 0 aromatic carbocycles. The minimum absolute atomic E-state index is 0.342. The molecule has 0 aliphatic heterocycles. The van der Waals surface area contributed by atoms with Crippen molar-refractivity contribution in [1.29, 1.82) is 0 Å². The van der Waals surface area contributed by atoms with E-state index in [0.29, 0.717) is 12.3 Å². The lowest BCUT2D eigenvalue weighted by atomic mass is 9.97. The van der Waals surface area contributed by atoms with Crippen LogP contribution >= 0.6 is 0 Å². The first-order valence-electron chi connectivity index (χ1n) is 5.08. The van der Waals surface area contributed by atoms with E-state index >= 15 is 0 Å². The van der Waals surface area contributed by atoms with Gasteiger partial charge in [-0.15, -0.1) is 0 Å². The minimum atomic E-state index is -1.65. The van der Waals surface area contributed by atoms with Crippen molar-refractivity contribution in [3.63, 3.8) is 0 Å². The highest BCUT2D eigenvalue weighted by molar-refractivity contribution is 5.72. The van der Waals surface area contributed by atoms with E-state index in [1.807, 2.05) is 0 Å². The van der Waals surface area contributed by atoms with Crippen LogP contribution in [-0.4, -0.2) is 33.5 Å². The van der Waals surface area contributed by atoms with Crippen molar-refractivity contribution in [2.75, 3.05) is 0 Å². The standard InChI is InChI=1S/C10H20O4/c1-3-4-7(2)5-6-8(11)9(12)10(13)14/h7-9,11-12H,3-6H2,1-2H3,(H,13,14). The van der Waals surface area contributed by atoms with Crippen LogP contribution in [0.5, 0.6) is 0 Å². The molecule has 0 radical (unpaired) electrons. The molecule has 0 bridgehead atoms. The summed E-state index contributed by atoms with van der Waals surface area (Å²) in [6.45, 7) is 4.14. The summed E-state index contributed by atoms with van der Waals surface area (Å²) in [4.78, 5) is 10.3. The third-order valence-electron chi connectivity index (χ3n) is 2.35. The van der Waals surface area contributed by atoms with Crippen LogP contribution in [0.2, 0.25) is 0 Å². The van der Waals surface area contributed by atoms with Crippen molar-refractivity contribution in [2.24, 2.45) is 5.92 Å². The van der Waals surface area contributed by atoms with Crippen LogP contribution in [0.3, 0.4) is 0 Å². The van der Waals surface area contributed by atoms with Gasteiger partial charge in [-0.25, -0.2) is 4.79 Å². The maximum atomic E-state index is 10.3. The lowest BCUT2D eigenvalue weighted by Crippen LogP contribution is -2.33. The topological polar surface area (TPSA) is 77.8 Å². The molecular formula is C10H20O4. The lowest BCUT2D eigenvalue weighted by Gasteiger charge is -2.16. The van der Waals surface area contributed by atoms with Crippen molar-refractivity contribution in [3.05, 3.63) is 0 Å². The molecule has 0 aliphatic carbocycles. The number of aliphatic carboxylic acids is 1. The van der Waals surface area contributed by atoms with Gasteiger partial charge < -0.3 is 15.3 Å². The number of carboxylic acid groups (broad SMARTS) is 1. The normalized spacial score (nSPS) is 17.4. The number of aliphatic hydroxyl groups is 2. The zero-order valence-electron chi connectivity index (χ0n) is 8.81. The Labute approximate surface area is 84.6 Å². The molecule has 0 rings (SSSR count). The summed E-state index contributed by atoms with van der Waals surface area (Å²) in [5.41, 5.74) is 0. The molecule has 4 nitrogen and oxygen atoms in total. The Balaban J connectivity index is 3.72. The van der Waals surface area contributed by atoms with Crippen molar-refractivity contribution in [3.8, 4) is 0 Å². The number of hydrogen-bond donors (Lipinski definition) is 3. The van der Waals surface area contributed by atoms with Crippen LogP contribution in [0.15, 0.2) is 0 Å². The first-order valence-corrected chi connectivity index (χ1v) is 5.08. The van der Waals surface area contributed by atoms with Crippen LogP contribution in [0.4, 0.5) is 0 Å². The second-order valence-electron chi connectivity index (χ2n) is 3.82. The van der Waals surface area contributed by atoms with Gasteiger partial charge in [0.1, 0.15) is 0 Å². The van der Waals surface area contributed by atoms with Crippen LogP contribution in [0.25, 0.3) is 0 Å². The highest BCUT2D eigenvalue weighted by Gasteiger charge is 2.23. The predicted molar refractivity (Wildman–Crippen MR) is 53.0 cm³/mol. The average Bonchev–Trinajstić information content (AvgIpc) is 2.13. The molecule has 0 amide bonds. The average molecular weight is 204 g/mol. The largest absolute Gasteiger partial charge is 0.479 e. The van der Waals surface area contributed by atoms with Crippen molar-refractivity contribution < 1.29 is 20.1 Å². The third kappa shape index (κ3) is 5.19. The molecule has 0 fully saturated rings. The van der Waals surface area contributed by atoms with Gasteiger partial charge in [0.15, 0.2) is 6.10 Å². The van der Waals surface area contributed by atoms with Crippen LogP contribution < -0.4 is 0 Å². The van der Waals surface area contributed by atoms with Gasteiger partial charge in [0.05, 0.1) is 6.10 Å². The summed E-state index contributed by atoms with van der Waals surface area (Å²) in [5.74, 6) is -0.892. The number of aliphatic hydroxyl groups excluding tert-OH is 2. The fourth-order valence-corrected chi connectivity index (χ4v) is 1.41. The molecular weight excluding hydrogens is 184 g/mol. The maximum absolute atomic E-state index is 10.3. The first-order chi connectivity index (χ1) is 6.49. The van der Waals surface area contributed by atoms with E-state index in [1.165, 1.54) is 0 Å².